The van der Waals surface area contributed by atoms with Gasteiger partial charge in [-0.2, -0.15) is 0 Å². The first-order chi connectivity index (χ1) is 6.76. The Morgan fingerprint density at radius 3 is 2.20 bits per heavy atom. The maximum absolute atomic E-state index is 12.0. The molecule has 0 spiro atoms. The first-order valence-corrected chi connectivity index (χ1v) is 7.89. The summed E-state index contributed by atoms with van der Waals surface area (Å²) in [5.74, 6) is 0. The molecule has 0 radical (unpaired) electrons. The summed E-state index contributed by atoms with van der Waals surface area (Å²) >= 11 is 3.43. The van der Waals surface area contributed by atoms with Crippen LogP contribution < -0.4 is 4.72 Å². The summed E-state index contributed by atoms with van der Waals surface area (Å²) in [7, 11) is -3.14. The molecular weight excluding hydrogens is 278 g/mol. The molecule has 1 saturated carbocycles. The zero-order chi connectivity index (χ0) is 11.7. The van der Waals surface area contributed by atoms with Gasteiger partial charge in [0, 0.05) is 10.4 Å². The fourth-order valence-corrected chi connectivity index (χ4v) is 4.03. The minimum Gasteiger partial charge on any atom is -0.212 e. The van der Waals surface area contributed by atoms with E-state index >= 15 is 0 Å². The Hall–Kier alpha value is 0.390. The van der Waals surface area contributed by atoms with Crippen molar-refractivity contribution in [1.29, 1.82) is 0 Å². The van der Waals surface area contributed by atoms with Crippen molar-refractivity contribution in [3.05, 3.63) is 0 Å². The summed E-state index contributed by atoms with van der Waals surface area (Å²) in [5, 5.41) is -0.178. The molecular formula is C10H20BrNO2S. The Morgan fingerprint density at radius 2 is 1.80 bits per heavy atom. The van der Waals surface area contributed by atoms with Gasteiger partial charge < -0.3 is 0 Å². The lowest BCUT2D eigenvalue weighted by Gasteiger charge is -2.30. The SMILES string of the molecule is CC(Br)C(C)(C)NS(=O)(=O)C1CCCC1. The molecule has 0 heterocycles. The summed E-state index contributed by atoms with van der Waals surface area (Å²) in [6.45, 7) is 5.76. The molecule has 1 atom stereocenters. The van der Waals surface area contributed by atoms with Crippen molar-refractivity contribution in [1.82, 2.24) is 4.72 Å². The van der Waals surface area contributed by atoms with Crippen molar-refractivity contribution >= 4 is 26.0 Å². The van der Waals surface area contributed by atoms with Gasteiger partial charge >= 0.3 is 0 Å². The highest BCUT2D eigenvalue weighted by molar-refractivity contribution is 9.09. The Balaban J connectivity index is 2.71. The fourth-order valence-electron chi connectivity index (χ4n) is 1.73. The number of hydrogen-bond acceptors (Lipinski definition) is 2. The lowest BCUT2D eigenvalue weighted by Crippen LogP contribution is -2.51. The first-order valence-electron chi connectivity index (χ1n) is 5.42. The average Bonchev–Trinajstić information content (AvgIpc) is 2.53. The van der Waals surface area contributed by atoms with Gasteiger partial charge in [0.2, 0.25) is 10.0 Å². The van der Waals surface area contributed by atoms with Crippen LogP contribution >= 0.6 is 15.9 Å². The Labute approximate surface area is 101 Å². The van der Waals surface area contributed by atoms with E-state index in [2.05, 4.69) is 20.7 Å². The van der Waals surface area contributed by atoms with E-state index in [-0.39, 0.29) is 10.1 Å². The highest BCUT2D eigenvalue weighted by atomic mass is 79.9. The molecule has 90 valence electrons. The van der Waals surface area contributed by atoms with Gasteiger partial charge in [-0.25, -0.2) is 13.1 Å². The van der Waals surface area contributed by atoms with Crippen molar-refractivity contribution in [2.45, 2.75) is 62.1 Å². The van der Waals surface area contributed by atoms with Crippen LogP contribution in [-0.4, -0.2) is 24.0 Å². The summed E-state index contributed by atoms with van der Waals surface area (Å²) in [5.41, 5.74) is -0.429. The zero-order valence-corrected chi connectivity index (χ0v) is 12.0. The smallest absolute Gasteiger partial charge is 0.212 e. The second-order valence-electron chi connectivity index (χ2n) is 4.89. The highest BCUT2D eigenvalue weighted by Crippen LogP contribution is 2.26. The van der Waals surface area contributed by atoms with Crippen molar-refractivity contribution in [2.75, 3.05) is 0 Å². The van der Waals surface area contributed by atoms with Crippen LogP contribution in [0.3, 0.4) is 0 Å². The van der Waals surface area contributed by atoms with E-state index in [4.69, 9.17) is 0 Å². The Bertz CT molecular complexity index is 305. The van der Waals surface area contributed by atoms with Gasteiger partial charge in [0.1, 0.15) is 0 Å². The van der Waals surface area contributed by atoms with Crippen molar-refractivity contribution < 1.29 is 8.42 Å². The molecule has 0 aromatic rings. The second kappa shape index (κ2) is 4.72. The number of sulfonamides is 1. The normalized spacial score (nSPS) is 21.9. The van der Waals surface area contributed by atoms with Gasteiger partial charge in [-0.05, 0) is 26.7 Å². The van der Waals surface area contributed by atoms with E-state index in [9.17, 15) is 8.42 Å². The highest BCUT2D eigenvalue weighted by Gasteiger charge is 2.35. The maximum Gasteiger partial charge on any atom is 0.215 e. The van der Waals surface area contributed by atoms with E-state index in [1.165, 1.54) is 0 Å². The van der Waals surface area contributed by atoms with Crippen LogP contribution in [0.5, 0.6) is 0 Å². The molecule has 1 aliphatic rings. The molecule has 15 heavy (non-hydrogen) atoms. The molecule has 5 heteroatoms. The van der Waals surface area contributed by atoms with Gasteiger partial charge in [-0.3, -0.25) is 0 Å². The molecule has 0 saturated heterocycles. The van der Waals surface area contributed by atoms with Gasteiger partial charge in [0.25, 0.3) is 0 Å². The number of rotatable bonds is 4. The number of halogens is 1. The average molecular weight is 298 g/mol. The second-order valence-corrected chi connectivity index (χ2v) is 8.23. The van der Waals surface area contributed by atoms with Crippen LogP contribution in [0.1, 0.15) is 46.5 Å². The Kier molecular flexibility index (Phi) is 4.23. The van der Waals surface area contributed by atoms with Crippen LogP contribution in [0.2, 0.25) is 0 Å². The van der Waals surface area contributed by atoms with Gasteiger partial charge in [0.05, 0.1) is 5.25 Å². The van der Waals surface area contributed by atoms with Crippen LogP contribution in [0.25, 0.3) is 0 Å². The molecule has 1 fully saturated rings. The minimum absolute atomic E-state index is 0.112. The Morgan fingerprint density at radius 1 is 1.33 bits per heavy atom. The molecule has 0 aromatic carbocycles. The summed E-state index contributed by atoms with van der Waals surface area (Å²) in [6.07, 6.45) is 3.69. The number of nitrogens with one attached hydrogen (secondary N) is 1. The lowest BCUT2D eigenvalue weighted by molar-refractivity contribution is 0.448. The monoisotopic (exact) mass is 297 g/mol. The molecule has 1 rings (SSSR count). The third-order valence-corrected chi connectivity index (χ3v) is 6.45. The third-order valence-electron chi connectivity index (χ3n) is 3.14. The topological polar surface area (TPSA) is 46.2 Å². The molecule has 0 amide bonds. The molecule has 1 aliphatic carbocycles. The molecule has 0 aromatic heterocycles. The van der Waals surface area contributed by atoms with E-state index in [0.717, 1.165) is 25.7 Å². The van der Waals surface area contributed by atoms with Crippen molar-refractivity contribution in [3.63, 3.8) is 0 Å². The zero-order valence-electron chi connectivity index (χ0n) is 9.59. The molecule has 1 unspecified atom stereocenters. The summed E-state index contributed by atoms with van der Waals surface area (Å²) < 4.78 is 26.8. The van der Waals surface area contributed by atoms with Gasteiger partial charge in [-0.15, -0.1) is 0 Å². The van der Waals surface area contributed by atoms with Crippen molar-refractivity contribution in [3.8, 4) is 0 Å². The quantitative estimate of drug-likeness (QED) is 0.810. The van der Waals surface area contributed by atoms with Gasteiger partial charge in [0.15, 0.2) is 0 Å². The van der Waals surface area contributed by atoms with Gasteiger partial charge in [-0.1, -0.05) is 35.7 Å². The summed E-state index contributed by atoms with van der Waals surface area (Å²) in [6, 6.07) is 0. The fraction of sp³-hybridized carbons (Fsp3) is 1.00. The van der Waals surface area contributed by atoms with E-state index in [0.29, 0.717) is 0 Å². The summed E-state index contributed by atoms with van der Waals surface area (Å²) in [4.78, 5) is 0.112. The maximum atomic E-state index is 12.0. The van der Waals surface area contributed by atoms with E-state index in [1.54, 1.807) is 0 Å². The molecule has 3 nitrogen and oxygen atoms in total. The van der Waals surface area contributed by atoms with Crippen LogP contribution in [0.4, 0.5) is 0 Å². The minimum atomic E-state index is -3.14. The largest absolute Gasteiger partial charge is 0.215 e. The predicted molar refractivity (Wildman–Crippen MR) is 66.8 cm³/mol. The lowest BCUT2D eigenvalue weighted by atomic mass is 10.0. The third kappa shape index (κ3) is 3.43. The predicted octanol–water partition coefficient (Wildman–Crippen LogP) is 2.41. The number of alkyl halides is 1. The van der Waals surface area contributed by atoms with Crippen molar-refractivity contribution in [2.24, 2.45) is 0 Å². The van der Waals surface area contributed by atoms with E-state index < -0.39 is 15.6 Å². The molecule has 1 N–H and O–H groups in total. The molecule has 0 bridgehead atoms. The van der Waals surface area contributed by atoms with Crippen LogP contribution in [-0.2, 0) is 10.0 Å². The number of hydrogen-bond donors (Lipinski definition) is 1. The standard InChI is InChI=1S/C10H20BrNO2S/c1-8(11)10(2,3)12-15(13,14)9-6-4-5-7-9/h8-9,12H,4-7H2,1-3H3. The molecule has 0 aliphatic heterocycles. The van der Waals surface area contributed by atoms with E-state index in [1.807, 2.05) is 20.8 Å². The van der Waals surface area contributed by atoms with Crippen LogP contribution in [0, 0.1) is 0 Å². The first kappa shape index (κ1) is 13.5. The van der Waals surface area contributed by atoms with Crippen LogP contribution in [0.15, 0.2) is 0 Å².